The van der Waals surface area contributed by atoms with Crippen LogP contribution in [-0.4, -0.2) is 48.6 Å². The Bertz CT molecular complexity index is 486. The van der Waals surface area contributed by atoms with Gasteiger partial charge in [-0.3, -0.25) is 9.59 Å². The fourth-order valence-corrected chi connectivity index (χ4v) is 2.87. The molecule has 1 aromatic rings. The van der Waals surface area contributed by atoms with Gasteiger partial charge < -0.3 is 19.4 Å². The van der Waals surface area contributed by atoms with Gasteiger partial charge in [0.1, 0.15) is 12.4 Å². The Kier molecular flexibility index (Phi) is 4.24. The summed E-state index contributed by atoms with van der Waals surface area (Å²) in [5.41, 5.74) is 0.580. The highest BCUT2D eigenvalue weighted by atomic mass is 16.5. The van der Waals surface area contributed by atoms with Crippen molar-refractivity contribution >= 4 is 11.8 Å². The van der Waals surface area contributed by atoms with Crippen molar-refractivity contribution in [3.05, 3.63) is 24.2 Å². The molecule has 3 heterocycles. The minimum absolute atomic E-state index is 0.00680. The highest BCUT2D eigenvalue weighted by molar-refractivity contribution is 5.93. The molecule has 3 rings (SSSR count). The normalized spacial score (nSPS) is 23.2. The van der Waals surface area contributed by atoms with Gasteiger partial charge in [-0.2, -0.15) is 0 Å². The van der Waals surface area contributed by atoms with E-state index < -0.39 is 0 Å². The van der Waals surface area contributed by atoms with Crippen molar-refractivity contribution in [3.8, 4) is 0 Å². The first-order chi connectivity index (χ1) is 10.2. The van der Waals surface area contributed by atoms with Crippen molar-refractivity contribution in [3.63, 3.8) is 0 Å². The van der Waals surface area contributed by atoms with Gasteiger partial charge >= 0.3 is 0 Å². The van der Waals surface area contributed by atoms with Gasteiger partial charge in [-0.15, -0.1) is 0 Å². The molecule has 2 fully saturated rings. The van der Waals surface area contributed by atoms with Crippen LogP contribution in [0.1, 0.15) is 36.0 Å². The van der Waals surface area contributed by atoms with Crippen molar-refractivity contribution in [1.29, 1.82) is 0 Å². The zero-order valence-corrected chi connectivity index (χ0v) is 11.9. The number of hydrogen-bond donors (Lipinski definition) is 1. The number of piperidine rings is 1. The van der Waals surface area contributed by atoms with Crippen molar-refractivity contribution in [2.45, 2.75) is 37.8 Å². The van der Waals surface area contributed by atoms with Crippen LogP contribution < -0.4 is 5.32 Å². The number of nitrogens with zero attached hydrogens (tertiary/aromatic N) is 1. The first kappa shape index (κ1) is 14.1. The van der Waals surface area contributed by atoms with Gasteiger partial charge in [0.05, 0.1) is 11.8 Å². The third-order valence-corrected chi connectivity index (χ3v) is 4.12. The zero-order chi connectivity index (χ0) is 14.7. The molecule has 1 atom stereocenters. The van der Waals surface area contributed by atoms with E-state index in [-0.39, 0.29) is 24.0 Å². The lowest BCUT2D eigenvalue weighted by Gasteiger charge is -2.32. The van der Waals surface area contributed by atoms with Gasteiger partial charge in [0.15, 0.2) is 0 Å². The Hall–Kier alpha value is -1.82. The van der Waals surface area contributed by atoms with Crippen LogP contribution in [0.15, 0.2) is 23.0 Å². The number of furan rings is 1. The maximum Gasteiger partial charge on any atom is 0.257 e. The molecule has 2 saturated heterocycles. The molecule has 6 nitrogen and oxygen atoms in total. The second-order valence-corrected chi connectivity index (χ2v) is 5.59. The largest absolute Gasteiger partial charge is 0.472 e. The molecule has 1 aromatic heterocycles. The topological polar surface area (TPSA) is 71.8 Å². The Morgan fingerprint density at radius 3 is 2.67 bits per heavy atom. The van der Waals surface area contributed by atoms with Crippen LogP contribution >= 0.6 is 0 Å². The maximum atomic E-state index is 12.2. The molecule has 2 aliphatic rings. The Labute approximate surface area is 123 Å². The molecular weight excluding hydrogens is 272 g/mol. The lowest BCUT2D eigenvalue weighted by Crippen LogP contribution is -2.48. The van der Waals surface area contributed by atoms with E-state index in [0.29, 0.717) is 25.3 Å². The highest BCUT2D eigenvalue weighted by Crippen LogP contribution is 2.16. The second-order valence-electron chi connectivity index (χ2n) is 5.59. The standard InChI is InChI=1S/C15H20N2O4/c18-14(13-2-1-8-21-13)16-12-3-6-17(7-4-12)15(19)11-5-9-20-10-11/h5,9-10,12-13H,1-4,6-8H2,(H,16,18)/t13-/m0/s1. The summed E-state index contributed by atoms with van der Waals surface area (Å²) in [6, 6.07) is 1.81. The molecule has 0 bridgehead atoms. The van der Waals surface area contributed by atoms with Crippen LogP contribution in [0.25, 0.3) is 0 Å². The summed E-state index contributed by atoms with van der Waals surface area (Å²) in [5, 5.41) is 3.03. The van der Waals surface area contributed by atoms with Gasteiger partial charge in [-0.1, -0.05) is 0 Å². The number of carbonyl (C=O) groups excluding carboxylic acids is 2. The molecule has 114 valence electrons. The quantitative estimate of drug-likeness (QED) is 0.908. The Morgan fingerprint density at radius 2 is 2.05 bits per heavy atom. The van der Waals surface area contributed by atoms with E-state index in [9.17, 15) is 9.59 Å². The monoisotopic (exact) mass is 292 g/mol. The fourth-order valence-electron chi connectivity index (χ4n) is 2.87. The summed E-state index contributed by atoms with van der Waals surface area (Å²) in [4.78, 5) is 25.9. The predicted molar refractivity (Wildman–Crippen MR) is 74.8 cm³/mol. The van der Waals surface area contributed by atoms with Crippen LogP contribution in [0, 0.1) is 0 Å². The molecule has 0 aliphatic carbocycles. The number of nitrogens with one attached hydrogen (secondary N) is 1. The summed E-state index contributed by atoms with van der Waals surface area (Å²) in [5.74, 6) is -0.0141. The summed E-state index contributed by atoms with van der Waals surface area (Å²) in [7, 11) is 0. The van der Waals surface area contributed by atoms with Crippen LogP contribution in [0.2, 0.25) is 0 Å². The summed E-state index contributed by atoms with van der Waals surface area (Å²) in [6.07, 6.45) is 6.01. The molecule has 0 aromatic carbocycles. The summed E-state index contributed by atoms with van der Waals surface area (Å²) in [6.45, 7) is 1.98. The van der Waals surface area contributed by atoms with Crippen molar-refractivity contribution in [1.82, 2.24) is 10.2 Å². The molecule has 2 amide bonds. The molecule has 0 radical (unpaired) electrons. The lowest BCUT2D eigenvalue weighted by molar-refractivity contribution is -0.131. The highest BCUT2D eigenvalue weighted by Gasteiger charge is 2.28. The summed E-state index contributed by atoms with van der Waals surface area (Å²) >= 11 is 0. The molecule has 2 aliphatic heterocycles. The number of likely N-dealkylation sites (tertiary alicyclic amines) is 1. The number of hydrogen-bond acceptors (Lipinski definition) is 4. The molecular formula is C15H20N2O4. The van der Waals surface area contributed by atoms with Crippen molar-refractivity contribution in [2.75, 3.05) is 19.7 Å². The molecule has 21 heavy (non-hydrogen) atoms. The van der Waals surface area contributed by atoms with Crippen molar-refractivity contribution < 1.29 is 18.7 Å². The zero-order valence-electron chi connectivity index (χ0n) is 11.9. The molecule has 0 unspecified atom stereocenters. The van der Waals surface area contributed by atoms with Crippen molar-refractivity contribution in [2.24, 2.45) is 0 Å². The lowest BCUT2D eigenvalue weighted by atomic mass is 10.0. The van der Waals surface area contributed by atoms with Crippen LogP contribution in [0.3, 0.4) is 0 Å². The van der Waals surface area contributed by atoms with E-state index in [4.69, 9.17) is 9.15 Å². The smallest absolute Gasteiger partial charge is 0.257 e. The third kappa shape index (κ3) is 3.26. The first-order valence-corrected chi connectivity index (χ1v) is 7.47. The predicted octanol–water partition coefficient (Wildman–Crippen LogP) is 1.18. The van der Waals surface area contributed by atoms with Crippen LogP contribution in [0.4, 0.5) is 0 Å². The SMILES string of the molecule is O=C(NC1CCN(C(=O)c2ccoc2)CC1)[C@@H]1CCCO1. The Morgan fingerprint density at radius 1 is 1.24 bits per heavy atom. The van der Waals surface area contributed by atoms with Gasteiger partial charge in [0, 0.05) is 25.7 Å². The van der Waals surface area contributed by atoms with Gasteiger partial charge in [0.25, 0.3) is 5.91 Å². The van der Waals surface area contributed by atoms with Crippen LogP contribution in [-0.2, 0) is 9.53 Å². The first-order valence-electron chi connectivity index (χ1n) is 7.47. The number of rotatable bonds is 3. The van der Waals surface area contributed by atoms with E-state index in [2.05, 4.69) is 5.32 Å². The average Bonchev–Trinajstić information content (AvgIpc) is 3.20. The minimum atomic E-state index is -0.282. The van der Waals surface area contributed by atoms with Crippen LogP contribution in [0.5, 0.6) is 0 Å². The van der Waals surface area contributed by atoms with E-state index >= 15 is 0 Å². The second kappa shape index (κ2) is 6.30. The molecule has 6 heteroatoms. The number of amides is 2. The fraction of sp³-hybridized carbons (Fsp3) is 0.600. The van der Waals surface area contributed by atoms with E-state index in [1.54, 1.807) is 11.0 Å². The molecule has 0 saturated carbocycles. The third-order valence-electron chi connectivity index (χ3n) is 4.12. The number of carbonyl (C=O) groups is 2. The Balaban J connectivity index is 1.46. The van der Waals surface area contributed by atoms with Gasteiger partial charge in [-0.25, -0.2) is 0 Å². The molecule has 1 N–H and O–H groups in total. The van der Waals surface area contributed by atoms with Gasteiger partial charge in [-0.05, 0) is 31.7 Å². The minimum Gasteiger partial charge on any atom is -0.472 e. The maximum absolute atomic E-state index is 12.2. The average molecular weight is 292 g/mol. The summed E-state index contributed by atoms with van der Waals surface area (Å²) < 4.78 is 10.3. The molecule has 0 spiro atoms. The van der Waals surface area contributed by atoms with E-state index in [0.717, 1.165) is 25.7 Å². The number of ether oxygens (including phenoxy) is 1. The van der Waals surface area contributed by atoms with Gasteiger partial charge in [0.2, 0.25) is 5.91 Å². The van der Waals surface area contributed by atoms with E-state index in [1.807, 2.05) is 0 Å². The van der Waals surface area contributed by atoms with E-state index in [1.165, 1.54) is 12.5 Å².